The van der Waals surface area contributed by atoms with Gasteiger partial charge in [-0.15, -0.1) is 0 Å². The fourth-order valence-electron chi connectivity index (χ4n) is 0.478. The van der Waals surface area contributed by atoms with Crippen molar-refractivity contribution in [2.75, 3.05) is 4.66 Å². The Bertz CT molecular complexity index is 230. The molecule has 12 heavy (non-hydrogen) atoms. The van der Waals surface area contributed by atoms with Crippen molar-refractivity contribution in [1.29, 1.82) is 0 Å². The molecule has 0 aliphatic heterocycles. The lowest BCUT2D eigenvalue weighted by Gasteiger charge is -2.27. The zero-order valence-corrected chi connectivity index (χ0v) is 10.3. The molecule has 0 spiro atoms. The summed E-state index contributed by atoms with van der Waals surface area (Å²) in [4.78, 5) is 0. The third-order valence-electron chi connectivity index (χ3n) is 1.80. The number of sulfonamides is 1. The molecule has 1 N–H and O–H groups in total. The molecule has 0 amide bonds. The lowest BCUT2D eigenvalue weighted by Crippen LogP contribution is -2.41. The van der Waals surface area contributed by atoms with Gasteiger partial charge in [0.2, 0.25) is 10.0 Å². The molecule has 0 aliphatic carbocycles. The second-order valence-electron chi connectivity index (χ2n) is 3.93. The van der Waals surface area contributed by atoms with E-state index in [9.17, 15) is 8.42 Å². The monoisotopic (exact) mass is 257 g/mol. The van der Waals surface area contributed by atoms with Crippen LogP contribution in [0.4, 0.5) is 0 Å². The van der Waals surface area contributed by atoms with Crippen molar-refractivity contribution in [2.45, 2.75) is 33.7 Å². The third-order valence-corrected chi connectivity index (χ3v) is 4.61. The Hall–Kier alpha value is 0.390. The summed E-state index contributed by atoms with van der Waals surface area (Å²) in [5, 5.41) is 0. The minimum atomic E-state index is -3.14. The zero-order chi connectivity index (χ0) is 9.99. The highest BCUT2D eigenvalue weighted by Crippen LogP contribution is 2.19. The van der Waals surface area contributed by atoms with Crippen molar-refractivity contribution < 1.29 is 8.42 Å². The SMILES string of the molecule is CC(NS(=O)(=O)CBr)C(C)(C)C. The largest absolute Gasteiger partial charge is 0.221 e. The van der Waals surface area contributed by atoms with E-state index in [2.05, 4.69) is 20.7 Å². The van der Waals surface area contributed by atoms with Crippen molar-refractivity contribution in [3.05, 3.63) is 0 Å². The number of nitrogens with one attached hydrogen (secondary N) is 1. The van der Waals surface area contributed by atoms with Crippen LogP contribution < -0.4 is 4.72 Å². The zero-order valence-electron chi connectivity index (χ0n) is 7.89. The van der Waals surface area contributed by atoms with Gasteiger partial charge in [0.25, 0.3) is 0 Å². The molecule has 1 unspecified atom stereocenters. The standard InChI is InChI=1S/C7H16BrNO2S/c1-6(7(2,3)4)9-12(10,11)5-8/h6,9H,5H2,1-4H3. The summed E-state index contributed by atoms with van der Waals surface area (Å²) in [5.41, 5.74) is -0.0464. The molecule has 74 valence electrons. The van der Waals surface area contributed by atoms with Crippen LogP contribution in [0.1, 0.15) is 27.7 Å². The van der Waals surface area contributed by atoms with E-state index >= 15 is 0 Å². The summed E-state index contributed by atoms with van der Waals surface area (Å²) in [6.07, 6.45) is 0. The fraction of sp³-hybridized carbons (Fsp3) is 1.00. The van der Waals surface area contributed by atoms with Gasteiger partial charge in [-0.1, -0.05) is 36.7 Å². The van der Waals surface area contributed by atoms with Crippen LogP contribution in [0.25, 0.3) is 0 Å². The van der Waals surface area contributed by atoms with E-state index in [4.69, 9.17) is 0 Å². The molecule has 1 atom stereocenters. The van der Waals surface area contributed by atoms with Crippen LogP contribution in [0.5, 0.6) is 0 Å². The molecule has 0 aromatic carbocycles. The molecule has 0 aromatic rings. The molecule has 5 heteroatoms. The van der Waals surface area contributed by atoms with Crippen LogP contribution >= 0.6 is 15.9 Å². The van der Waals surface area contributed by atoms with Crippen molar-refractivity contribution in [2.24, 2.45) is 5.41 Å². The van der Waals surface area contributed by atoms with Gasteiger partial charge < -0.3 is 0 Å². The molecule has 0 heterocycles. The van der Waals surface area contributed by atoms with E-state index < -0.39 is 10.0 Å². The van der Waals surface area contributed by atoms with E-state index in [0.717, 1.165) is 0 Å². The molecule has 0 rings (SSSR count). The van der Waals surface area contributed by atoms with Crippen molar-refractivity contribution >= 4 is 26.0 Å². The topological polar surface area (TPSA) is 46.2 Å². The number of rotatable bonds is 3. The van der Waals surface area contributed by atoms with Gasteiger partial charge in [-0.3, -0.25) is 0 Å². The van der Waals surface area contributed by atoms with E-state index in [1.54, 1.807) is 0 Å². The average molecular weight is 258 g/mol. The van der Waals surface area contributed by atoms with Gasteiger partial charge >= 0.3 is 0 Å². The first-order valence-electron chi connectivity index (χ1n) is 3.75. The highest BCUT2D eigenvalue weighted by molar-refractivity contribution is 9.10. The smallest absolute Gasteiger partial charge is 0.212 e. The number of hydrogen-bond donors (Lipinski definition) is 1. The Morgan fingerprint density at radius 2 is 1.83 bits per heavy atom. The Kier molecular flexibility index (Phi) is 4.20. The van der Waals surface area contributed by atoms with Crippen LogP contribution in [0.3, 0.4) is 0 Å². The maximum atomic E-state index is 11.1. The van der Waals surface area contributed by atoms with E-state index in [1.807, 2.05) is 27.7 Å². The molecule has 0 saturated heterocycles. The molecule has 0 bridgehead atoms. The van der Waals surface area contributed by atoms with Gasteiger partial charge in [0, 0.05) is 6.04 Å². The molecular weight excluding hydrogens is 242 g/mol. The number of halogens is 1. The van der Waals surface area contributed by atoms with Gasteiger partial charge in [-0.25, -0.2) is 13.1 Å². The van der Waals surface area contributed by atoms with Gasteiger partial charge in [0.05, 0.1) is 0 Å². The Morgan fingerprint density at radius 3 is 2.08 bits per heavy atom. The molecule has 0 aromatic heterocycles. The Morgan fingerprint density at radius 1 is 1.42 bits per heavy atom. The molecule has 0 radical (unpaired) electrons. The summed E-state index contributed by atoms with van der Waals surface area (Å²) in [7, 11) is -3.14. The highest BCUT2D eigenvalue weighted by atomic mass is 79.9. The van der Waals surface area contributed by atoms with Crippen molar-refractivity contribution in [3.63, 3.8) is 0 Å². The minimum Gasteiger partial charge on any atom is -0.212 e. The maximum Gasteiger partial charge on any atom is 0.221 e. The first-order valence-corrected chi connectivity index (χ1v) is 6.52. The molecule has 3 nitrogen and oxygen atoms in total. The third kappa shape index (κ3) is 4.42. The first kappa shape index (κ1) is 12.4. The summed E-state index contributed by atoms with van der Waals surface area (Å²) in [6.45, 7) is 7.84. The second-order valence-corrected chi connectivity index (χ2v) is 6.99. The molecule has 0 fully saturated rings. The van der Waals surface area contributed by atoms with E-state index in [1.165, 1.54) is 0 Å². The van der Waals surface area contributed by atoms with Gasteiger partial charge in [-0.05, 0) is 12.3 Å². The second kappa shape index (κ2) is 4.07. The van der Waals surface area contributed by atoms with E-state index in [0.29, 0.717) is 0 Å². The lowest BCUT2D eigenvalue weighted by atomic mass is 9.89. The van der Waals surface area contributed by atoms with Crippen LogP contribution in [-0.4, -0.2) is 19.1 Å². The Balaban J connectivity index is 4.30. The first-order chi connectivity index (χ1) is 5.19. The maximum absolute atomic E-state index is 11.1. The highest BCUT2D eigenvalue weighted by Gasteiger charge is 2.23. The van der Waals surface area contributed by atoms with Crippen molar-refractivity contribution in [3.8, 4) is 0 Å². The summed E-state index contributed by atoms with van der Waals surface area (Å²) in [6, 6.07) is -0.0555. The van der Waals surface area contributed by atoms with Crippen molar-refractivity contribution in [1.82, 2.24) is 4.72 Å². The Labute approximate surface area is 83.1 Å². The fourth-order valence-corrected chi connectivity index (χ4v) is 1.83. The van der Waals surface area contributed by atoms with Crippen LogP contribution in [0.15, 0.2) is 0 Å². The lowest BCUT2D eigenvalue weighted by molar-refractivity contribution is 0.318. The van der Waals surface area contributed by atoms with E-state index in [-0.39, 0.29) is 16.1 Å². The molecule has 0 aliphatic rings. The minimum absolute atomic E-state index is 0.0413. The average Bonchev–Trinajstić information content (AvgIpc) is 1.85. The predicted octanol–water partition coefficient (Wildman–Crippen LogP) is 1.69. The summed E-state index contributed by atoms with van der Waals surface area (Å²) >= 11 is 2.92. The van der Waals surface area contributed by atoms with Gasteiger partial charge in [0.1, 0.15) is 4.66 Å². The predicted molar refractivity (Wildman–Crippen MR) is 54.8 cm³/mol. The van der Waals surface area contributed by atoms with Crippen LogP contribution in [-0.2, 0) is 10.0 Å². The van der Waals surface area contributed by atoms with Crippen LogP contribution in [0.2, 0.25) is 0 Å². The molecular formula is C7H16BrNO2S. The van der Waals surface area contributed by atoms with Gasteiger partial charge in [0.15, 0.2) is 0 Å². The van der Waals surface area contributed by atoms with Gasteiger partial charge in [-0.2, -0.15) is 0 Å². The normalized spacial score (nSPS) is 16.1. The quantitative estimate of drug-likeness (QED) is 0.783. The number of hydrogen-bond acceptors (Lipinski definition) is 2. The summed E-state index contributed by atoms with van der Waals surface area (Å²) in [5.74, 6) is 0. The summed E-state index contributed by atoms with van der Waals surface area (Å²) < 4.78 is 24.7. The number of alkyl halides is 1. The molecule has 0 saturated carbocycles. The van der Waals surface area contributed by atoms with Crippen LogP contribution in [0, 0.1) is 5.41 Å².